The molecule has 0 amide bonds. The van der Waals surface area contributed by atoms with Crippen LogP contribution in [0.2, 0.25) is 0 Å². The summed E-state index contributed by atoms with van der Waals surface area (Å²) in [4.78, 5) is 23.2. The van der Waals surface area contributed by atoms with Crippen LogP contribution >= 0.6 is 11.3 Å². The molecule has 4 aliphatic rings. The van der Waals surface area contributed by atoms with Crippen LogP contribution in [-0.4, -0.2) is 81.4 Å². The Hall–Kier alpha value is -3.73. The van der Waals surface area contributed by atoms with Crippen molar-refractivity contribution in [2.24, 2.45) is 0 Å². The Morgan fingerprint density at radius 1 is 1.12 bits per heavy atom. The highest BCUT2D eigenvalue weighted by molar-refractivity contribution is 7.22. The molecule has 4 aromatic rings. The largest absolute Gasteiger partial charge is 0.461 e. The third-order valence-corrected chi connectivity index (χ3v) is 10.2. The Morgan fingerprint density at radius 2 is 1.95 bits per heavy atom. The molecular formula is C29H29F2N9OS. The van der Waals surface area contributed by atoms with Crippen LogP contribution in [-0.2, 0) is 0 Å². The first-order valence-corrected chi connectivity index (χ1v) is 15.2. The minimum atomic E-state index is -0.859. The number of thiazole rings is 1. The molecule has 4 fully saturated rings. The highest BCUT2D eigenvalue weighted by Gasteiger charge is 2.49. The Morgan fingerprint density at radius 3 is 2.76 bits per heavy atom. The topological polar surface area (TPSA) is 129 Å². The average Bonchev–Trinajstić information content (AvgIpc) is 3.73. The lowest BCUT2D eigenvalue weighted by Gasteiger charge is -2.34. The lowest BCUT2D eigenvalue weighted by molar-refractivity contribution is 0.107. The van der Waals surface area contributed by atoms with Crippen molar-refractivity contribution in [3.8, 4) is 23.2 Å². The second-order valence-electron chi connectivity index (χ2n) is 11.9. The summed E-state index contributed by atoms with van der Waals surface area (Å²) in [5.41, 5.74) is 8.17. The molecule has 2 bridgehead atoms. The molecule has 216 valence electrons. The van der Waals surface area contributed by atoms with Gasteiger partial charge in [0.25, 0.3) is 0 Å². The maximum absolute atomic E-state index is 14.6. The van der Waals surface area contributed by atoms with E-state index >= 15 is 0 Å². The molecule has 13 heteroatoms. The summed E-state index contributed by atoms with van der Waals surface area (Å²) in [5, 5.41) is 14.1. The van der Waals surface area contributed by atoms with E-state index in [4.69, 9.17) is 25.4 Å². The predicted octanol–water partition coefficient (Wildman–Crippen LogP) is 3.79. The van der Waals surface area contributed by atoms with Crippen molar-refractivity contribution < 1.29 is 13.5 Å². The van der Waals surface area contributed by atoms with Crippen molar-refractivity contribution in [2.45, 2.75) is 55.9 Å². The van der Waals surface area contributed by atoms with Crippen molar-refractivity contribution in [2.75, 3.05) is 43.4 Å². The maximum atomic E-state index is 14.6. The number of hydrogen-bond donors (Lipinski definition) is 2. The molecule has 1 aromatic carbocycles. The molecule has 7 heterocycles. The summed E-state index contributed by atoms with van der Waals surface area (Å²) in [6, 6.07) is 7.84. The second-order valence-corrected chi connectivity index (χ2v) is 13.0. The van der Waals surface area contributed by atoms with Crippen molar-refractivity contribution in [3.05, 3.63) is 29.7 Å². The van der Waals surface area contributed by atoms with Gasteiger partial charge in [-0.3, -0.25) is 4.90 Å². The van der Waals surface area contributed by atoms with E-state index in [0.717, 1.165) is 56.7 Å². The van der Waals surface area contributed by atoms with E-state index in [1.807, 2.05) is 0 Å². The molecular weight excluding hydrogens is 560 g/mol. The van der Waals surface area contributed by atoms with Crippen LogP contribution in [0, 0.1) is 17.1 Å². The van der Waals surface area contributed by atoms with Gasteiger partial charge in [-0.15, -0.1) is 0 Å². The van der Waals surface area contributed by atoms with Gasteiger partial charge in [-0.25, -0.2) is 18.7 Å². The molecule has 4 saturated heterocycles. The number of fused-ring (bicyclic) bond motifs is 5. The number of pyridine rings is 1. The van der Waals surface area contributed by atoms with E-state index in [1.54, 1.807) is 12.1 Å². The first kappa shape index (κ1) is 25.9. The van der Waals surface area contributed by atoms with Crippen LogP contribution in [0.3, 0.4) is 0 Å². The first-order chi connectivity index (χ1) is 20.4. The van der Waals surface area contributed by atoms with Gasteiger partial charge < -0.3 is 20.7 Å². The number of halogens is 2. The van der Waals surface area contributed by atoms with Gasteiger partial charge in [0.2, 0.25) is 0 Å². The van der Waals surface area contributed by atoms with Crippen molar-refractivity contribution in [1.82, 2.24) is 30.2 Å². The molecule has 3 aromatic heterocycles. The SMILES string of the molecule is N#Cc1nc2c(N3CC4CCC(C3)N4)nc(OC[C@@]34CCCN3C[C@H](F)C4)nc2cc1-c1ccc(F)c2sc(N)nc12. The zero-order valence-electron chi connectivity index (χ0n) is 22.8. The van der Waals surface area contributed by atoms with Crippen LogP contribution < -0.4 is 20.7 Å². The molecule has 42 heavy (non-hydrogen) atoms. The van der Waals surface area contributed by atoms with Gasteiger partial charge in [-0.1, -0.05) is 11.3 Å². The molecule has 0 spiro atoms. The number of benzene rings is 1. The number of hydrogen-bond acceptors (Lipinski definition) is 11. The Kier molecular flexibility index (Phi) is 5.96. The third kappa shape index (κ3) is 4.15. The Bertz CT molecular complexity index is 1760. The quantitative estimate of drug-likeness (QED) is 0.355. The maximum Gasteiger partial charge on any atom is 0.319 e. The monoisotopic (exact) mass is 589 g/mol. The van der Waals surface area contributed by atoms with Gasteiger partial charge in [0.05, 0.1) is 21.3 Å². The third-order valence-electron chi connectivity index (χ3n) is 9.29. The van der Waals surface area contributed by atoms with E-state index in [9.17, 15) is 14.0 Å². The van der Waals surface area contributed by atoms with Crippen molar-refractivity contribution in [1.29, 1.82) is 5.26 Å². The smallest absolute Gasteiger partial charge is 0.319 e. The summed E-state index contributed by atoms with van der Waals surface area (Å²) in [7, 11) is 0. The number of ether oxygens (including phenoxy) is 1. The van der Waals surface area contributed by atoms with E-state index in [2.05, 4.69) is 26.2 Å². The number of nitrogens with zero attached hydrogens (tertiary/aromatic N) is 7. The molecule has 4 aliphatic heterocycles. The predicted molar refractivity (Wildman–Crippen MR) is 156 cm³/mol. The molecule has 4 atom stereocenters. The zero-order valence-corrected chi connectivity index (χ0v) is 23.6. The van der Waals surface area contributed by atoms with Gasteiger partial charge in [0, 0.05) is 49.3 Å². The van der Waals surface area contributed by atoms with Crippen LogP contribution in [0.4, 0.5) is 19.7 Å². The molecule has 3 N–H and O–H groups in total. The van der Waals surface area contributed by atoms with E-state index in [0.29, 0.717) is 69.9 Å². The number of anilines is 2. The molecule has 2 unspecified atom stereocenters. The van der Waals surface area contributed by atoms with Crippen LogP contribution in [0.1, 0.15) is 37.8 Å². The highest BCUT2D eigenvalue weighted by atomic mass is 32.1. The number of alkyl halides is 1. The standard InChI is InChI=1S/C29H29F2N9OS/c30-15-9-29(6-1-7-40(29)11-15)14-41-28-36-21-8-19(18-4-5-20(31)25-23(18)37-27(33)42-25)22(10-32)35-24(21)26(38-28)39-12-16-2-3-17(13-39)34-16/h4-5,8,15-17,34H,1-3,6-7,9,11-14H2,(H2,33,37)/t15-,16?,17?,29+/m1/s1. The second kappa shape index (κ2) is 9.65. The summed E-state index contributed by atoms with van der Waals surface area (Å²) >= 11 is 1.06. The van der Waals surface area contributed by atoms with E-state index < -0.39 is 12.0 Å². The summed E-state index contributed by atoms with van der Waals surface area (Å²) in [6.07, 6.45) is 3.67. The lowest BCUT2D eigenvalue weighted by Crippen LogP contribution is -2.51. The van der Waals surface area contributed by atoms with Gasteiger partial charge in [0.1, 0.15) is 35.9 Å². The molecule has 10 nitrogen and oxygen atoms in total. The van der Waals surface area contributed by atoms with Crippen LogP contribution in [0.25, 0.3) is 32.4 Å². The fourth-order valence-corrected chi connectivity index (χ4v) is 8.19. The van der Waals surface area contributed by atoms with Gasteiger partial charge in [0.15, 0.2) is 10.9 Å². The lowest BCUT2D eigenvalue weighted by atomic mass is 9.95. The number of piperazine rings is 1. The molecule has 0 radical (unpaired) electrons. The fourth-order valence-electron chi connectivity index (χ4n) is 7.43. The van der Waals surface area contributed by atoms with Crippen LogP contribution in [0.5, 0.6) is 6.01 Å². The van der Waals surface area contributed by atoms with Crippen LogP contribution in [0.15, 0.2) is 18.2 Å². The van der Waals surface area contributed by atoms with Crippen molar-refractivity contribution in [3.63, 3.8) is 0 Å². The van der Waals surface area contributed by atoms with Gasteiger partial charge in [-0.05, 0) is 50.4 Å². The number of aromatic nitrogens is 4. The summed E-state index contributed by atoms with van der Waals surface area (Å²) in [6.45, 7) is 3.12. The van der Waals surface area contributed by atoms with E-state index in [-0.39, 0.29) is 22.4 Å². The molecule has 8 rings (SSSR count). The minimum Gasteiger partial charge on any atom is -0.461 e. The summed E-state index contributed by atoms with van der Waals surface area (Å²) < 4.78 is 35.6. The molecule has 0 saturated carbocycles. The number of nitrogens with two attached hydrogens (primary N) is 1. The number of nitrogen functional groups attached to an aromatic ring is 1. The number of nitrogens with one attached hydrogen (secondary N) is 1. The minimum absolute atomic E-state index is 0.166. The first-order valence-electron chi connectivity index (χ1n) is 14.4. The fraction of sp³-hybridized carbons (Fsp3) is 0.483. The molecule has 0 aliphatic carbocycles. The van der Waals surface area contributed by atoms with E-state index in [1.165, 1.54) is 6.07 Å². The number of rotatable bonds is 5. The van der Waals surface area contributed by atoms with Gasteiger partial charge in [-0.2, -0.15) is 15.2 Å². The highest BCUT2D eigenvalue weighted by Crippen LogP contribution is 2.41. The average molecular weight is 590 g/mol. The normalized spacial score (nSPS) is 27.2. The number of nitriles is 1. The Labute approximate surface area is 244 Å². The Balaban J connectivity index is 1.26. The van der Waals surface area contributed by atoms with Crippen molar-refractivity contribution >= 4 is 43.5 Å². The van der Waals surface area contributed by atoms with Gasteiger partial charge >= 0.3 is 6.01 Å². The zero-order chi connectivity index (χ0) is 28.6. The summed E-state index contributed by atoms with van der Waals surface area (Å²) in [5.74, 6) is 0.195.